The van der Waals surface area contributed by atoms with E-state index < -0.39 is 17.2 Å². The Morgan fingerprint density at radius 3 is 2.43 bits per heavy atom. The highest BCUT2D eigenvalue weighted by Gasteiger charge is 2.24. The predicted molar refractivity (Wildman–Crippen MR) is 128 cm³/mol. The average molecular weight is 526 g/mol. The fourth-order valence-electron chi connectivity index (χ4n) is 2.15. The number of hydrogen-bond donors (Lipinski definition) is 3. The van der Waals surface area contributed by atoms with Crippen molar-refractivity contribution in [3.8, 4) is 0 Å². The summed E-state index contributed by atoms with van der Waals surface area (Å²) >= 11 is 1.75. The number of halogens is 1. The first-order valence-electron chi connectivity index (χ1n) is 9.51. The second kappa shape index (κ2) is 12.5. The van der Waals surface area contributed by atoms with E-state index in [1.807, 2.05) is 47.7 Å². The van der Waals surface area contributed by atoms with E-state index in [1.165, 1.54) is 4.88 Å². The number of amides is 1. The van der Waals surface area contributed by atoms with Crippen molar-refractivity contribution < 1.29 is 9.53 Å². The molecule has 1 aromatic heterocycles. The highest BCUT2D eigenvalue weighted by Crippen LogP contribution is 2.13. The molecule has 0 aliphatic carbocycles. The molecule has 0 fully saturated rings. The van der Waals surface area contributed by atoms with Crippen LogP contribution in [-0.4, -0.2) is 47.8 Å². The van der Waals surface area contributed by atoms with Crippen LogP contribution in [-0.2, 0) is 17.6 Å². The van der Waals surface area contributed by atoms with Crippen LogP contribution in [0.15, 0.2) is 11.2 Å². The van der Waals surface area contributed by atoms with Gasteiger partial charge in [-0.1, -0.05) is 6.92 Å². The molecular weight excluding hydrogens is 489 g/mol. The monoisotopic (exact) mass is 525 g/mol. The van der Waals surface area contributed by atoms with Gasteiger partial charge in [-0.2, -0.15) is 0 Å². The minimum Gasteiger partial charge on any atom is -0.444 e. The molecule has 1 aromatic rings. The largest absolute Gasteiger partial charge is 0.444 e. The van der Waals surface area contributed by atoms with Crippen LogP contribution in [0, 0.1) is 0 Å². The first-order valence-corrected chi connectivity index (χ1v) is 10.3. The van der Waals surface area contributed by atoms with Gasteiger partial charge in [0.1, 0.15) is 5.60 Å². The number of guanidine groups is 1. The molecule has 1 heterocycles. The maximum absolute atomic E-state index is 12.0. The number of nitrogens with zero attached hydrogens (tertiary/aromatic N) is 2. The van der Waals surface area contributed by atoms with Crippen LogP contribution in [0.3, 0.4) is 0 Å². The average Bonchev–Trinajstić information content (AvgIpc) is 2.98. The zero-order valence-corrected chi connectivity index (χ0v) is 21.3. The Morgan fingerprint density at radius 1 is 1.21 bits per heavy atom. The van der Waals surface area contributed by atoms with Gasteiger partial charge in [0.2, 0.25) is 0 Å². The fourth-order valence-corrected chi connectivity index (χ4v) is 3.01. The number of thiazole rings is 1. The van der Waals surface area contributed by atoms with Crippen molar-refractivity contribution in [2.75, 3.05) is 19.6 Å². The van der Waals surface area contributed by atoms with E-state index in [4.69, 9.17) is 4.74 Å². The Bertz CT molecular complexity index is 626. The summed E-state index contributed by atoms with van der Waals surface area (Å²) in [6, 6.07) is 0. The lowest BCUT2D eigenvalue weighted by atomic mass is 10.1. The number of aromatic nitrogens is 1. The number of ether oxygens (including phenoxy) is 1. The molecule has 0 radical (unpaired) electrons. The Morgan fingerprint density at radius 2 is 1.89 bits per heavy atom. The van der Waals surface area contributed by atoms with Gasteiger partial charge in [0.25, 0.3) is 0 Å². The van der Waals surface area contributed by atoms with Gasteiger partial charge in [-0.15, -0.1) is 35.3 Å². The molecule has 9 heteroatoms. The van der Waals surface area contributed by atoms with Crippen LogP contribution < -0.4 is 16.0 Å². The maximum Gasteiger partial charge on any atom is 0.408 e. The van der Waals surface area contributed by atoms with Crippen LogP contribution in [0.4, 0.5) is 4.79 Å². The molecule has 0 aromatic carbocycles. The van der Waals surface area contributed by atoms with Gasteiger partial charge >= 0.3 is 6.09 Å². The molecule has 0 bridgehead atoms. The first kappa shape index (κ1) is 26.9. The standard InChI is InChI=1S/C19H35N5O2S.HI/c1-8-14-12-22-15(27-14)10-11-21-16(20-9-2)23-13-19(6,7)24-17(25)26-18(3,4)5;/h12H,8-11,13H2,1-7H3,(H,24,25)(H2,20,21,23);1H. The summed E-state index contributed by atoms with van der Waals surface area (Å²) in [7, 11) is 0. The van der Waals surface area contributed by atoms with Gasteiger partial charge in [-0.3, -0.25) is 4.99 Å². The van der Waals surface area contributed by atoms with Gasteiger partial charge in [0.05, 0.1) is 17.1 Å². The number of alkyl carbamates (subject to hydrolysis) is 1. The highest BCUT2D eigenvalue weighted by molar-refractivity contribution is 14.0. The fraction of sp³-hybridized carbons (Fsp3) is 0.737. The minimum atomic E-state index is -0.520. The highest BCUT2D eigenvalue weighted by atomic mass is 127. The summed E-state index contributed by atoms with van der Waals surface area (Å²) in [4.78, 5) is 22.3. The third kappa shape index (κ3) is 11.7. The minimum absolute atomic E-state index is 0. The number of aryl methyl sites for hydroxylation is 1. The number of nitrogens with one attached hydrogen (secondary N) is 3. The maximum atomic E-state index is 12.0. The number of hydrogen-bond acceptors (Lipinski definition) is 5. The van der Waals surface area contributed by atoms with Crippen molar-refractivity contribution in [2.24, 2.45) is 4.99 Å². The molecule has 1 rings (SSSR count). The van der Waals surface area contributed by atoms with Crippen LogP contribution >= 0.6 is 35.3 Å². The Hall–Kier alpha value is -1.10. The SMILES string of the molecule is CCNC(=NCC(C)(C)NC(=O)OC(C)(C)C)NCCc1ncc(CC)s1.I. The Labute approximate surface area is 190 Å². The Kier molecular flexibility index (Phi) is 12.0. The zero-order valence-electron chi connectivity index (χ0n) is 18.1. The van der Waals surface area contributed by atoms with Crippen LogP contribution in [0.5, 0.6) is 0 Å². The number of carbonyl (C=O) groups excluding carboxylic acids is 1. The van der Waals surface area contributed by atoms with Gasteiger partial charge < -0.3 is 20.7 Å². The molecule has 0 aliphatic heterocycles. The van der Waals surface area contributed by atoms with Crippen LogP contribution in [0.1, 0.15) is 58.4 Å². The van der Waals surface area contributed by atoms with E-state index in [-0.39, 0.29) is 24.0 Å². The number of rotatable bonds is 8. The van der Waals surface area contributed by atoms with Crippen molar-refractivity contribution in [1.82, 2.24) is 20.9 Å². The van der Waals surface area contributed by atoms with E-state index in [0.717, 1.165) is 36.9 Å². The van der Waals surface area contributed by atoms with E-state index in [2.05, 4.69) is 32.9 Å². The molecule has 0 saturated carbocycles. The molecule has 0 spiro atoms. The summed E-state index contributed by atoms with van der Waals surface area (Å²) in [6.45, 7) is 15.5. The third-order valence-corrected chi connectivity index (χ3v) is 4.60. The summed E-state index contributed by atoms with van der Waals surface area (Å²) in [5.74, 6) is 0.726. The molecule has 0 aliphatic rings. The molecule has 7 nitrogen and oxygen atoms in total. The predicted octanol–water partition coefficient (Wildman–Crippen LogP) is 3.72. The molecule has 0 saturated heterocycles. The summed E-state index contributed by atoms with van der Waals surface area (Å²) in [6.07, 6.45) is 3.39. The zero-order chi connectivity index (χ0) is 20.5. The van der Waals surface area contributed by atoms with Gasteiger partial charge in [-0.25, -0.2) is 9.78 Å². The molecule has 3 N–H and O–H groups in total. The van der Waals surface area contributed by atoms with E-state index in [0.29, 0.717) is 6.54 Å². The topological polar surface area (TPSA) is 87.6 Å². The van der Waals surface area contributed by atoms with Crippen molar-refractivity contribution in [1.29, 1.82) is 0 Å². The molecule has 1 amide bonds. The van der Waals surface area contributed by atoms with Crippen LogP contribution in [0.2, 0.25) is 0 Å². The molecule has 0 atom stereocenters. The lowest BCUT2D eigenvalue weighted by Crippen LogP contribution is -2.49. The molecule has 0 unspecified atom stereocenters. The van der Waals surface area contributed by atoms with E-state index in [1.54, 1.807) is 11.3 Å². The normalized spacial score (nSPS) is 12.2. The van der Waals surface area contributed by atoms with Crippen molar-refractivity contribution in [2.45, 2.75) is 72.4 Å². The summed E-state index contributed by atoms with van der Waals surface area (Å²) < 4.78 is 5.32. The smallest absolute Gasteiger partial charge is 0.408 e. The first-order chi connectivity index (χ1) is 12.5. The van der Waals surface area contributed by atoms with Crippen molar-refractivity contribution >= 4 is 47.4 Å². The van der Waals surface area contributed by atoms with E-state index >= 15 is 0 Å². The third-order valence-electron chi connectivity index (χ3n) is 3.40. The summed E-state index contributed by atoms with van der Waals surface area (Å²) in [5, 5.41) is 10.5. The molecule has 28 heavy (non-hydrogen) atoms. The second-order valence-corrected chi connectivity index (χ2v) is 9.16. The van der Waals surface area contributed by atoms with Gasteiger partial charge in [0, 0.05) is 30.6 Å². The van der Waals surface area contributed by atoms with Gasteiger partial charge in [-0.05, 0) is 48.0 Å². The lowest BCUT2D eigenvalue weighted by Gasteiger charge is -2.27. The summed E-state index contributed by atoms with van der Waals surface area (Å²) in [5.41, 5.74) is -1.04. The van der Waals surface area contributed by atoms with Crippen molar-refractivity contribution in [3.63, 3.8) is 0 Å². The van der Waals surface area contributed by atoms with Crippen LogP contribution in [0.25, 0.3) is 0 Å². The van der Waals surface area contributed by atoms with Gasteiger partial charge in [0.15, 0.2) is 5.96 Å². The molecule has 162 valence electrons. The molecular formula is C19H36IN5O2S. The number of aliphatic imine (C=N–C) groups is 1. The number of carbonyl (C=O) groups is 1. The van der Waals surface area contributed by atoms with E-state index in [9.17, 15) is 4.79 Å². The Balaban J connectivity index is 0.00000729. The second-order valence-electron chi connectivity index (χ2n) is 7.96. The quantitative estimate of drug-likeness (QED) is 0.274. The van der Waals surface area contributed by atoms with Crippen molar-refractivity contribution in [3.05, 3.63) is 16.1 Å². The lowest BCUT2D eigenvalue weighted by molar-refractivity contribution is 0.0476.